The van der Waals surface area contributed by atoms with Crippen LogP contribution in [0, 0.1) is 11.8 Å². The molecule has 0 amide bonds. The molecule has 0 spiro atoms. The zero-order valence-corrected chi connectivity index (χ0v) is 14.7. The lowest BCUT2D eigenvalue weighted by atomic mass is 10.3. The van der Waals surface area contributed by atoms with Gasteiger partial charge in [0.15, 0.2) is 0 Å². The molecule has 0 aliphatic rings. The topological polar surface area (TPSA) is 43.4 Å². The van der Waals surface area contributed by atoms with Crippen molar-refractivity contribution in [2.45, 2.75) is 22.6 Å². The fourth-order valence-electron chi connectivity index (χ4n) is 1.74. The number of ether oxygens (including phenoxy) is 1. The zero-order valence-electron chi connectivity index (χ0n) is 11.6. The molecule has 0 fully saturated rings. The summed E-state index contributed by atoms with van der Waals surface area (Å²) in [5.41, 5.74) is 0. The summed E-state index contributed by atoms with van der Waals surface area (Å²) in [6.07, 6.45) is 0. The Morgan fingerprint density at radius 3 is 2.55 bits per heavy atom. The van der Waals surface area contributed by atoms with Gasteiger partial charge in [-0.2, -0.15) is 0 Å². The number of hydrogen-bond donors (Lipinski definition) is 0. The third kappa shape index (κ3) is 3.76. The zero-order chi connectivity index (χ0) is 16.2. The van der Waals surface area contributed by atoms with Crippen molar-refractivity contribution in [3.63, 3.8) is 0 Å². The summed E-state index contributed by atoms with van der Waals surface area (Å²) in [6.45, 7) is 1.98. The smallest absolute Gasteiger partial charge is 0.207 e. The number of sulfone groups is 1. The van der Waals surface area contributed by atoms with Crippen molar-refractivity contribution in [3.8, 4) is 17.6 Å². The van der Waals surface area contributed by atoms with Crippen molar-refractivity contribution in [2.24, 2.45) is 0 Å². The summed E-state index contributed by atoms with van der Waals surface area (Å²) >= 11 is 12.9. The summed E-state index contributed by atoms with van der Waals surface area (Å²) < 4.78 is 31.0. The van der Waals surface area contributed by atoms with Gasteiger partial charge in [-0.25, -0.2) is 8.42 Å². The molecule has 0 radical (unpaired) electrons. The van der Waals surface area contributed by atoms with E-state index in [1.807, 2.05) is 0 Å². The van der Waals surface area contributed by atoms with E-state index in [-0.39, 0.29) is 22.3 Å². The van der Waals surface area contributed by atoms with E-state index in [0.717, 1.165) is 0 Å². The average Bonchev–Trinajstić information content (AvgIpc) is 2.90. The molecule has 0 aliphatic heterocycles. The monoisotopic (exact) mass is 374 g/mol. The molecule has 0 saturated carbocycles. The Morgan fingerprint density at radius 2 is 1.95 bits per heavy atom. The minimum absolute atomic E-state index is 0.100. The van der Waals surface area contributed by atoms with Crippen LogP contribution in [0.4, 0.5) is 0 Å². The average molecular weight is 375 g/mol. The molecule has 1 aromatic heterocycles. The van der Waals surface area contributed by atoms with Crippen LogP contribution in [0.1, 0.15) is 11.8 Å². The number of hydrogen-bond acceptors (Lipinski definition) is 4. The Morgan fingerprint density at radius 1 is 1.27 bits per heavy atom. The Labute approximate surface area is 143 Å². The van der Waals surface area contributed by atoms with Crippen molar-refractivity contribution >= 4 is 44.4 Å². The van der Waals surface area contributed by atoms with Crippen LogP contribution in [0.2, 0.25) is 4.34 Å². The van der Waals surface area contributed by atoms with Crippen LogP contribution >= 0.6 is 34.5 Å². The second kappa shape index (κ2) is 7.38. The summed E-state index contributed by atoms with van der Waals surface area (Å²) in [4.78, 5) is 0.857. The van der Waals surface area contributed by atoms with Crippen molar-refractivity contribution in [1.29, 1.82) is 0 Å². The molecule has 22 heavy (non-hydrogen) atoms. The summed E-state index contributed by atoms with van der Waals surface area (Å²) in [5, 5.41) is 0. The van der Waals surface area contributed by atoms with Crippen LogP contribution in [0.3, 0.4) is 0 Å². The molecule has 0 atom stereocenters. The van der Waals surface area contributed by atoms with Gasteiger partial charge in [0.1, 0.15) is 12.4 Å². The van der Waals surface area contributed by atoms with E-state index in [0.29, 0.717) is 15.0 Å². The first-order valence-corrected chi connectivity index (χ1v) is 9.42. The first kappa shape index (κ1) is 17.2. The summed E-state index contributed by atoms with van der Waals surface area (Å²) in [5.74, 6) is 6.14. The normalized spacial score (nSPS) is 10.9. The van der Waals surface area contributed by atoms with Gasteiger partial charge < -0.3 is 4.74 Å². The van der Waals surface area contributed by atoms with Crippen LogP contribution in [0.25, 0.3) is 0 Å². The molecule has 2 aromatic rings. The molecule has 1 aromatic carbocycles. The van der Waals surface area contributed by atoms with Crippen LogP contribution in [-0.4, -0.2) is 15.0 Å². The van der Waals surface area contributed by atoms with Crippen molar-refractivity contribution in [2.75, 3.05) is 6.61 Å². The molecule has 0 unspecified atom stereocenters. The quantitative estimate of drug-likeness (QED) is 0.576. The minimum Gasteiger partial charge on any atom is -0.481 e. The van der Waals surface area contributed by atoms with Gasteiger partial charge in [0, 0.05) is 4.88 Å². The van der Waals surface area contributed by atoms with Gasteiger partial charge >= 0.3 is 0 Å². The van der Waals surface area contributed by atoms with Gasteiger partial charge in [0.05, 0.1) is 20.0 Å². The number of rotatable bonds is 5. The Hall–Kier alpha value is -1.19. The number of thiophene rings is 1. The van der Waals surface area contributed by atoms with E-state index in [9.17, 15) is 8.42 Å². The van der Waals surface area contributed by atoms with Crippen LogP contribution < -0.4 is 4.74 Å². The largest absolute Gasteiger partial charge is 0.481 e. The number of alkyl halides is 1. The van der Waals surface area contributed by atoms with Gasteiger partial charge in [-0.15, -0.1) is 28.9 Å². The third-order valence-electron chi connectivity index (χ3n) is 2.77. The molecule has 116 valence electrons. The molecular weight excluding hydrogens is 363 g/mol. The predicted octanol–water partition coefficient (Wildman–Crippen LogP) is 4.38. The predicted molar refractivity (Wildman–Crippen MR) is 89.7 cm³/mol. The molecule has 0 saturated heterocycles. The summed E-state index contributed by atoms with van der Waals surface area (Å²) in [6, 6.07) is 7.61. The van der Waals surface area contributed by atoms with Gasteiger partial charge in [-0.1, -0.05) is 17.5 Å². The lowest BCUT2D eigenvalue weighted by Crippen LogP contribution is -2.03. The Balaban J connectivity index is 2.31. The lowest BCUT2D eigenvalue weighted by Gasteiger charge is -2.06. The van der Waals surface area contributed by atoms with Crippen LogP contribution in [-0.2, 0) is 15.7 Å². The minimum atomic E-state index is -3.64. The molecule has 1 heterocycles. The second-order valence-corrected chi connectivity index (χ2v) is 8.12. The first-order valence-electron chi connectivity index (χ1n) is 6.20. The number of benzene rings is 1. The van der Waals surface area contributed by atoms with Crippen molar-refractivity contribution < 1.29 is 13.2 Å². The molecular formula is C15H12Cl2O3S2. The maximum absolute atomic E-state index is 12.6. The second-order valence-electron chi connectivity index (χ2n) is 4.16. The fraction of sp³-hybridized carbons (Fsp3) is 0.200. The summed E-state index contributed by atoms with van der Waals surface area (Å²) in [7, 11) is -3.64. The van der Waals surface area contributed by atoms with Crippen LogP contribution in [0.15, 0.2) is 40.1 Å². The van der Waals surface area contributed by atoms with E-state index < -0.39 is 9.84 Å². The molecule has 0 bridgehead atoms. The van der Waals surface area contributed by atoms with Gasteiger partial charge in [-0.3, -0.25) is 0 Å². The van der Waals surface area contributed by atoms with E-state index in [1.54, 1.807) is 19.1 Å². The lowest BCUT2D eigenvalue weighted by molar-refractivity contribution is 0.370. The highest BCUT2D eigenvalue weighted by atomic mass is 35.5. The third-order valence-corrected chi connectivity index (χ3v) is 6.43. The van der Waals surface area contributed by atoms with Crippen molar-refractivity contribution in [3.05, 3.63) is 39.5 Å². The Kier molecular flexibility index (Phi) is 5.76. The number of halogens is 2. The van der Waals surface area contributed by atoms with E-state index in [2.05, 4.69) is 11.8 Å². The SMILES string of the molecule is CC#CCOc1ccc(S(=O)(=O)c2cc(Cl)sc2CCl)cc1. The van der Waals surface area contributed by atoms with Crippen LogP contribution in [0.5, 0.6) is 5.75 Å². The van der Waals surface area contributed by atoms with Gasteiger partial charge in [-0.05, 0) is 37.3 Å². The molecule has 2 rings (SSSR count). The van der Waals surface area contributed by atoms with E-state index >= 15 is 0 Å². The van der Waals surface area contributed by atoms with Gasteiger partial charge in [0.2, 0.25) is 9.84 Å². The van der Waals surface area contributed by atoms with Gasteiger partial charge in [0.25, 0.3) is 0 Å². The molecule has 7 heteroatoms. The fourth-order valence-corrected chi connectivity index (χ4v) is 5.12. The highest BCUT2D eigenvalue weighted by Gasteiger charge is 2.23. The van der Waals surface area contributed by atoms with E-state index in [1.165, 1.54) is 29.5 Å². The molecule has 0 aliphatic carbocycles. The highest BCUT2D eigenvalue weighted by molar-refractivity contribution is 7.91. The molecule has 0 N–H and O–H groups in total. The van der Waals surface area contributed by atoms with E-state index in [4.69, 9.17) is 27.9 Å². The first-order chi connectivity index (χ1) is 10.5. The standard InChI is InChI=1S/C15H12Cl2O3S2/c1-2-3-8-20-11-4-6-12(7-5-11)22(18,19)14-9-15(17)21-13(14)10-16/h4-7,9H,8,10H2,1H3. The maximum Gasteiger partial charge on any atom is 0.207 e. The maximum atomic E-state index is 12.6. The molecule has 3 nitrogen and oxygen atoms in total. The van der Waals surface area contributed by atoms with Crippen molar-refractivity contribution in [1.82, 2.24) is 0 Å². The highest BCUT2D eigenvalue weighted by Crippen LogP contribution is 2.35. The Bertz CT molecular complexity index is 813.